The molecule has 0 amide bonds. The predicted molar refractivity (Wildman–Crippen MR) is 80.4 cm³/mol. The van der Waals surface area contributed by atoms with Crippen molar-refractivity contribution in [3.05, 3.63) is 35.9 Å². The monoisotopic (exact) mass is 275 g/mol. The number of rotatable bonds is 6. The summed E-state index contributed by atoms with van der Waals surface area (Å²) in [7, 11) is 0. The molecule has 20 heavy (non-hydrogen) atoms. The van der Waals surface area contributed by atoms with Crippen LogP contribution in [0.3, 0.4) is 0 Å². The van der Waals surface area contributed by atoms with E-state index in [0.29, 0.717) is 19.1 Å². The maximum Gasteiger partial charge on any atom is 0.317 e. The molecule has 1 fully saturated rings. The molecule has 1 aromatic carbocycles. The molecule has 0 saturated heterocycles. The van der Waals surface area contributed by atoms with Gasteiger partial charge in [0.2, 0.25) is 0 Å². The molecule has 110 valence electrons. The fourth-order valence-corrected chi connectivity index (χ4v) is 3.34. The molecule has 0 aliphatic heterocycles. The molecule has 1 aliphatic carbocycles. The quantitative estimate of drug-likeness (QED) is 0.812. The third-order valence-electron chi connectivity index (χ3n) is 4.45. The molecule has 1 saturated carbocycles. The molecule has 1 aliphatic rings. The van der Waals surface area contributed by atoms with Crippen molar-refractivity contribution in [3.8, 4) is 0 Å². The van der Waals surface area contributed by atoms with Crippen molar-refractivity contribution in [2.24, 2.45) is 11.7 Å². The van der Waals surface area contributed by atoms with E-state index in [0.717, 1.165) is 12.0 Å². The van der Waals surface area contributed by atoms with Crippen molar-refractivity contribution in [2.45, 2.75) is 44.4 Å². The molecule has 0 spiro atoms. The Kier molecular flexibility index (Phi) is 5.18. The van der Waals surface area contributed by atoms with Crippen LogP contribution in [0.5, 0.6) is 0 Å². The zero-order valence-corrected chi connectivity index (χ0v) is 12.3. The average Bonchev–Trinajstić information content (AvgIpc) is 2.99. The van der Waals surface area contributed by atoms with Gasteiger partial charge in [-0.15, -0.1) is 0 Å². The van der Waals surface area contributed by atoms with Crippen LogP contribution >= 0.6 is 0 Å². The zero-order valence-electron chi connectivity index (χ0n) is 12.3. The van der Waals surface area contributed by atoms with Crippen LogP contribution in [0.4, 0.5) is 0 Å². The summed E-state index contributed by atoms with van der Waals surface area (Å²) < 4.78 is 5.34. The number of benzene rings is 1. The summed E-state index contributed by atoms with van der Waals surface area (Å²) in [5.74, 6) is 0.420. The molecule has 2 N–H and O–H groups in total. The van der Waals surface area contributed by atoms with Crippen molar-refractivity contribution in [1.82, 2.24) is 0 Å². The van der Waals surface area contributed by atoms with Crippen LogP contribution in [0.25, 0.3) is 0 Å². The van der Waals surface area contributed by atoms with E-state index >= 15 is 0 Å². The molecule has 0 radical (unpaired) electrons. The van der Waals surface area contributed by atoms with Crippen LogP contribution < -0.4 is 5.73 Å². The fourth-order valence-electron chi connectivity index (χ4n) is 3.34. The topological polar surface area (TPSA) is 52.3 Å². The van der Waals surface area contributed by atoms with Gasteiger partial charge in [-0.05, 0) is 24.8 Å². The second-order valence-corrected chi connectivity index (χ2v) is 5.73. The second kappa shape index (κ2) is 6.89. The second-order valence-electron chi connectivity index (χ2n) is 5.73. The minimum Gasteiger partial charge on any atom is -0.465 e. The maximum absolute atomic E-state index is 12.6. The third kappa shape index (κ3) is 3.04. The van der Waals surface area contributed by atoms with Crippen molar-refractivity contribution in [2.75, 3.05) is 13.2 Å². The largest absolute Gasteiger partial charge is 0.465 e. The molecule has 3 heteroatoms. The standard InChI is InChI=1S/C17H25NO2/c1-2-20-16(19)17(13-18,12-14-8-6-7-9-14)15-10-4-3-5-11-15/h3-5,10-11,14H,2,6-9,12-13,18H2,1H3. The van der Waals surface area contributed by atoms with Gasteiger partial charge in [-0.3, -0.25) is 4.79 Å². The molecular formula is C17H25NO2. The van der Waals surface area contributed by atoms with E-state index in [1.807, 2.05) is 37.3 Å². The van der Waals surface area contributed by atoms with E-state index < -0.39 is 5.41 Å². The Balaban J connectivity index is 2.31. The minimum atomic E-state index is -0.674. The lowest BCUT2D eigenvalue weighted by Gasteiger charge is -2.33. The summed E-state index contributed by atoms with van der Waals surface area (Å²) in [5.41, 5.74) is 6.37. The van der Waals surface area contributed by atoms with Crippen molar-refractivity contribution in [3.63, 3.8) is 0 Å². The molecule has 1 aromatic rings. The number of hydrogen-bond donors (Lipinski definition) is 1. The SMILES string of the molecule is CCOC(=O)C(CN)(CC1CCCC1)c1ccccc1. The number of carbonyl (C=O) groups is 1. The van der Waals surface area contributed by atoms with Gasteiger partial charge in [0, 0.05) is 6.54 Å². The van der Waals surface area contributed by atoms with E-state index in [1.54, 1.807) is 0 Å². The van der Waals surface area contributed by atoms with Crippen LogP contribution in [0.2, 0.25) is 0 Å². The normalized spacial score (nSPS) is 18.7. The molecule has 3 nitrogen and oxygen atoms in total. The van der Waals surface area contributed by atoms with Crippen LogP contribution in [0.1, 0.15) is 44.6 Å². The first-order chi connectivity index (χ1) is 9.73. The van der Waals surface area contributed by atoms with E-state index in [2.05, 4.69) is 0 Å². The first-order valence-electron chi connectivity index (χ1n) is 7.65. The lowest BCUT2D eigenvalue weighted by molar-refractivity contribution is -0.150. The van der Waals surface area contributed by atoms with Crippen LogP contribution in [0.15, 0.2) is 30.3 Å². The maximum atomic E-state index is 12.6. The van der Waals surface area contributed by atoms with E-state index in [4.69, 9.17) is 10.5 Å². The molecule has 2 rings (SSSR count). The predicted octanol–water partition coefficient (Wildman–Crippen LogP) is 3.03. The van der Waals surface area contributed by atoms with Gasteiger partial charge in [-0.1, -0.05) is 56.0 Å². The highest BCUT2D eigenvalue weighted by Crippen LogP contribution is 2.38. The van der Waals surface area contributed by atoms with Gasteiger partial charge in [-0.2, -0.15) is 0 Å². The summed E-state index contributed by atoms with van der Waals surface area (Å²) in [4.78, 5) is 12.6. The molecule has 0 aromatic heterocycles. The van der Waals surface area contributed by atoms with Crippen LogP contribution in [0, 0.1) is 5.92 Å². The molecule has 0 bridgehead atoms. The van der Waals surface area contributed by atoms with Crippen molar-refractivity contribution >= 4 is 5.97 Å². The summed E-state index contributed by atoms with van der Waals surface area (Å²) in [6.07, 6.45) is 5.75. The lowest BCUT2D eigenvalue weighted by Crippen LogP contribution is -2.45. The minimum absolute atomic E-state index is 0.166. The summed E-state index contributed by atoms with van der Waals surface area (Å²) in [5, 5.41) is 0. The number of hydrogen-bond acceptors (Lipinski definition) is 3. The van der Waals surface area contributed by atoms with Gasteiger partial charge in [0.1, 0.15) is 5.41 Å². The fraction of sp³-hybridized carbons (Fsp3) is 0.588. The highest BCUT2D eigenvalue weighted by Gasteiger charge is 2.42. The van der Waals surface area contributed by atoms with Gasteiger partial charge < -0.3 is 10.5 Å². The van der Waals surface area contributed by atoms with E-state index in [9.17, 15) is 4.79 Å². The Labute approximate surface area is 121 Å². The van der Waals surface area contributed by atoms with Gasteiger partial charge in [0.05, 0.1) is 6.61 Å². The Bertz CT molecular complexity index is 426. The van der Waals surface area contributed by atoms with Crippen molar-refractivity contribution < 1.29 is 9.53 Å². The Morgan fingerprint density at radius 2 is 1.95 bits per heavy atom. The van der Waals surface area contributed by atoms with Gasteiger partial charge >= 0.3 is 5.97 Å². The molecule has 1 atom stereocenters. The number of carbonyl (C=O) groups excluding carboxylic acids is 1. The van der Waals surface area contributed by atoms with E-state index in [1.165, 1.54) is 25.7 Å². The first-order valence-corrected chi connectivity index (χ1v) is 7.65. The number of esters is 1. The Morgan fingerprint density at radius 3 is 2.50 bits per heavy atom. The zero-order chi connectivity index (χ0) is 14.4. The number of nitrogens with two attached hydrogens (primary N) is 1. The Hall–Kier alpha value is -1.35. The van der Waals surface area contributed by atoms with E-state index in [-0.39, 0.29) is 5.97 Å². The summed E-state index contributed by atoms with van der Waals surface area (Å²) in [6, 6.07) is 9.89. The summed E-state index contributed by atoms with van der Waals surface area (Å²) in [6.45, 7) is 2.56. The smallest absolute Gasteiger partial charge is 0.317 e. The average molecular weight is 275 g/mol. The first kappa shape index (κ1) is 15.0. The number of ether oxygens (including phenoxy) is 1. The molecule has 0 heterocycles. The lowest BCUT2D eigenvalue weighted by atomic mass is 9.73. The van der Waals surface area contributed by atoms with Gasteiger partial charge in [-0.25, -0.2) is 0 Å². The van der Waals surface area contributed by atoms with Crippen LogP contribution in [-0.2, 0) is 14.9 Å². The molecule has 1 unspecified atom stereocenters. The third-order valence-corrected chi connectivity index (χ3v) is 4.45. The highest BCUT2D eigenvalue weighted by molar-refractivity contribution is 5.83. The van der Waals surface area contributed by atoms with Gasteiger partial charge in [0.25, 0.3) is 0 Å². The summed E-state index contributed by atoms with van der Waals surface area (Å²) >= 11 is 0. The van der Waals surface area contributed by atoms with Gasteiger partial charge in [0.15, 0.2) is 0 Å². The van der Waals surface area contributed by atoms with Crippen LogP contribution in [-0.4, -0.2) is 19.1 Å². The van der Waals surface area contributed by atoms with Crippen molar-refractivity contribution in [1.29, 1.82) is 0 Å². The highest BCUT2D eigenvalue weighted by atomic mass is 16.5. The Morgan fingerprint density at radius 1 is 1.30 bits per heavy atom. The molecular weight excluding hydrogens is 250 g/mol.